The van der Waals surface area contributed by atoms with E-state index in [4.69, 9.17) is 5.73 Å². The van der Waals surface area contributed by atoms with Crippen LogP contribution in [0.3, 0.4) is 0 Å². The Labute approximate surface area is 131 Å². The van der Waals surface area contributed by atoms with Gasteiger partial charge in [-0.2, -0.15) is 0 Å². The molecule has 0 radical (unpaired) electrons. The molecule has 2 unspecified atom stereocenters. The van der Waals surface area contributed by atoms with Gasteiger partial charge in [0, 0.05) is 32.5 Å². The van der Waals surface area contributed by atoms with Gasteiger partial charge < -0.3 is 10.6 Å². The molecule has 2 N–H and O–H groups in total. The van der Waals surface area contributed by atoms with Crippen LogP contribution in [-0.2, 0) is 0 Å². The molecule has 0 aromatic carbocycles. The highest BCUT2D eigenvalue weighted by Gasteiger charge is 2.39. The molecule has 2 aliphatic rings. The number of guanidine groups is 1. The monoisotopic (exact) mass is 387 g/mol. The predicted molar refractivity (Wildman–Crippen MR) is 84.2 cm³/mol. The first kappa shape index (κ1) is 16.9. The van der Waals surface area contributed by atoms with Gasteiger partial charge in [-0.15, -0.1) is 24.0 Å². The van der Waals surface area contributed by atoms with Gasteiger partial charge in [0.15, 0.2) is 5.96 Å². The summed E-state index contributed by atoms with van der Waals surface area (Å²) in [4.78, 5) is 6.40. The van der Waals surface area contributed by atoms with Crippen molar-refractivity contribution in [2.24, 2.45) is 22.6 Å². The number of rotatable bonds is 2. The van der Waals surface area contributed by atoms with Crippen LogP contribution in [-0.4, -0.2) is 36.4 Å². The molecule has 3 nitrogen and oxygen atoms in total. The molecule has 2 fully saturated rings. The number of nitrogens with zero attached hydrogens (tertiary/aromatic N) is 2. The standard InChI is InChI=1S/C13H23F2N3.HI/c1-10-3-2-6-18(9-10)12(16)17-8-11-4-5-13(14,15)7-11;/h10-11H,2-9H2,1H3,(H2,16,17);1H. The Balaban J connectivity index is 0.00000180. The van der Waals surface area contributed by atoms with Crippen molar-refractivity contribution in [2.45, 2.75) is 45.0 Å². The topological polar surface area (TPSA) is 41.6 Å². The van der Waals surface area contributed by atoms with Gasteiger partial charge in [-0.25, -0.2) is 8.78 Å². The number of piperidine rings is 1. The Morgan fingerprint density at radius 3 is 2.74 bits per heavy atom. The highest BCUT2D eigenvalue weighted by molar-refractivity contribution is 14.0. The van der Waals surface area contributed by atoms with Crippen LogP contribution >= 0.6 is 24.0 Å². The summed E-state index contributed by atoms with van der Waals surface area (Å²) in [6.45, 7) is 4.54. The van der Waals surface area contributed by atoms with E-state index in [0.717, 1.165) is 19.5 Å². The molecular weight excluding hydrogens is 363 g/mol. The summed E-state index contributed by atoms with van der Waals surface area (Å²) in [5.74, 6) is -1.30. The Morgan fingerprint density at radius 1 is 1.42 bits per heavy atom. The highest BCUT2D eigenvalue weighted by Crippen LogP contribution is 2.38. The molecule has 0 bridgehead atoms. The lowest BCUT2D eigenvalue weighted by Crippen LogP contribution is -2.43. The first-order valence-corrected chi connectivity index (χ1v) is 6.89. The highest BCUT2D eigenvalue weighted by atomic mass is 127. The summed E-state index contributed by atoms with van der Waals surface area (Å²) in [6, 6.07) is 0. The number of hydrogen-bond donors (Lipinski definition) is 1. The summed E-state index contributed by atoms with van der Waals surface area (Å²) in [5.41, 5.74) is 5.94. The van der Waals surface area contributed by atoms with E-state index in [2.05, 4.69) is 16.8 Å². The fraction of sp³-hybridized carbons (Fsp3) is 0.923. The third-order valence-corrected chi connectivity index (χ3v) is 4.00. The van der Waals surface area contributed by atoms with E-state index in [1.54, 1.807) is 0 Å². The Bertz CT molecular complexity index is 323. The van der Waals surface area contributed by atoms with Crippen molar-refractivity contribution < 1.29 is 8.78 Å². The van der Waals surface area contributed by atoms with Crippen molar-refractivity contribution in [3.63, 3.8) is 0 Å². The Morgan fingerprint density at radius 2 is 2.16 bits per heavy atom. The van der Waals surface area contributed by atoms with E-state index in [9.17, 15) is 8.78 Å². The summed E-state index contributed by atoms with van der Waals surface area (Å²) < 4.78 is 26.1. The zero-order valence-corrected chi connectivity index (χ0v) is 13.8. The van der Waals surface area contributed by atoms with Crippen LogP contribution in [0.2, 0.25) is 0 Å². The molecule has 0 amide bonds. The van der Waals surface area contributed by atoms with Gasteiger partial charge in [-0.1, -0.05) is 6.92 Å². The molecule has 19 heavy (non-hydrogen) atoms. The zero-order valence-electron chi connectivity index (χ0n) is 11.4. The molecule has 1 saturated carbocycles. The van der Waals surface area contributed by atoms with Crippen LogP contribution in [0.25, 0.3) is 0 Å². The second kappa shape index (κ2) is 7.04. The molecule has 112 valence electrons. The molecule has 1 aliphatic carbocycles. The van der Waals surface area contributed by atoms with Crippen molar-refractivity contribution >= 4 is 29.9 Å². The van der Waals surface area contributed by atoms with Gasteiger partial charge in [0.2, 0.25) is 5.92 Å². The second-order valence-electron chi connectivity index (χ2n) is 5.86. The van der Waals surface area contributed by atoms with Crippen molar-refractivity contribution in [3.05, 3.63) is 0 Å². The number of likely N-dealkylation sites (tertiary alicyclic amines) is 1. The van der Waals surface area contributed by atoms with Gasteiger partial charge in [0.1, 0.15) is 0 Å². The van der Waals surface area contributed by atoms with E-state index in [-0.39, 0.29) is 42.7 Å². The van der Waals surface area contributed by atoms with E-state index in [1.165, 1.54) is 6.42 Å². The van der Waals surface area contributed by atoms with Gasteiger partial charge in [-0.05, 0) is 31.1 Å². The van der Waals surface area contributed by atoms with E-state index >= 15 is 0 Å². The van der Waals surface area contributed by atoms with Crippen molar-refractivity contribution in [2.75, 3.05) is 19.6 Å². The number of aliphatic imine (C=N–C) groups is 1. The number of hydrogen-bond acceptors (Lipinski definition) is 1. The molecular formula is C13H24F2IN3. The minimum atomic E-state index is -2.48. The van der Waals surface area contributed by atoms with Gasteiger partial charge in [0.05, 0.1) is 0 Å². The minimum absolute atomic E-state index is 0. The maximum absolute atomic E-state index is 13.0. The average Bonchev–Trinajstić information content (AvgIpc) is 2.66. The SMILES string of the molecule is CC1CCCN(C(N)=NCC2CCC(F)(F)C2)C1.I. The zero-order chi connectivity index (χ0) is 13.2. The maximum atomic E-state index is 13.0. The third kappa shape index (κ3) is 5.04. The van der Waals surface area contributed by atoms with Crippen LogP contribution in [0.15, 0.2) is 4.99 Å². The molecule has 2 rings (SSSR count). The number of alkyl halides is 2. The lowest BCUT2D eigenvalue weighted by atomic mass is 10.0. The molecule has 6 heteroatoms. The third-order valence-electron chi connectivity index (χ3n) is 4.00. The molecule has 0 aromatic heterocycles. The first-order valence-electron chi connectivity index (χ1n) is 6.89. The summed E-state index contributed by atoms with van der Waals surface area (Å²) in [7, 11) is 0. The first-order chi connectivity index (χ1) is 8.46. The van der Waals surface area contributed by atoms with Gasteiger partial charge in [-0.3, -0.25) is 4.99 Å². The molecule has 0 spiro atoms. The predicted octanol–water partition coefficient (Wildman–Crippen LogP) is 3.09. The van der Waals surface area contributed by atoms with Crippen LogP contribution in [0, 0.1) is 11.8 Å². The van der Waals surface area contributed by atoms with Crippen molar-refractivity contribution in [3.8, 4) is 0 Å². The van der Waals surface area contributed by atoms with Crippen LogP contribution in [0.1, 0.15) is 39.0 Å². The quantitative estimate of drug-likeness (QED) is 0.450. The van der Waals surface area contributed by atoms with Gasteiger partial charge >= 0.3 is 0 Å². The normalized spacial score (nSPS) is 31.1. The molecule has 1 aliphatic heterocycles. The summed E-state index contributed by atoms with van der Waals surface area (Å²) in [5, 5.41) is 0. The minimum Gasteiger partial charge on any atom is -0.370 e. The lowest BCUT2D eigenvalue weighted by Gasteiger charge is -2.31. The molecule has 0 aromatic rings. The lowest BCUT2D eigenvalue weighted by molar-refractivity contribution is 0.00541. The summed E-state index contributed by atoms with van der Waals surface area (Å²) in [6.07, 6.45) is 2.92. The van der Waals surface area contributed by atoms with Crippen LogP contribution in [0.4, 0.5) is 8.78 Å². The number of halogens is 3. The molecule has 2 atom stereocenters. The largest absolute Gasteiger partial charge is 0.370 e. The van der Waals surface area contributed by atoms with E-state index < -0.39 is 5.92 Å². The van der Waals surface area contributed by atoms with Gasteiger partial charge in [0.25, 0.3) is 0 Å². The maximum Gasteiger partial charge on any atom is 0.248 e. The molecule has 1 saturated heterocycles. The Kier molecular flexibility index (Phi) is 6.26. The fourth-order valence-electron chi connectivity index (χ4n) is 2.92. The van der Waals surface area contributed by atoms with Crippen LogP contribution < -0.4 is 5.73 Å². The smallest absolute Gasteiger partial charge is 0.248 e. The second-order valence-corrected chi connectivity index (χ2v) is 5.86. The van der Waals surface area contributed by atoms with Crippen LogP contribution in [0.5, 0.6) is 0 Å². The average molecular weight is 387 g/mol. The molecule has 1 heterocycles. The van der Waals surface area contributed by atoms with E-state index in [1.807, 2.05) is 0 Å². The van der Waals surface area contributed by atoms with Crippen molar-refractivity contribution in [1.29, 1.82) is 0 Å². The summed E-state index contributed by atoms with van der Waals surface area (Å²) >= 11 is 0. The fourth-order valence-corrected chi connectivity index (χ4v) is 2.92. The van der Waals surface area contributed by atoms with Crippen molar-refractivity contribution in [1.82, 2.24) is 4.90 Å². The van der Waals surface area contributed by atoms with E-state index in [0.29, 0.717) is 24.8 Å². The number of nitrogens with two attached hydrogens (primary N) is 1. The Hall–Kier alpha value is -0.140.